The maximum Gasteiger partial charge on any atom is 0.179 e. The number of nitrogens with zero attached hydrogens (tertiary/aromatic N) is 5. The van der Waals surface area contributed by atoms with E-state index in [1.165, 1.54) is 0 Å². The van der Waals surface area contributed by atoms with Crippen LogP contribution in [0.4, 0.5) is 17.2 Å². The molecule has 0 bridgehead atoms. The molecule has 0 saturated carbocycles. The van der Waals surface area contributed by atoms with E-state index in [4.69, 9.17) is 4.74 Å². The van der Waals surface area contributed by atoms with E-state index in [1.807, 2.05) is 19.2 Å². The summed E-state index contributed by atoms with van der Waals surface area (Å²) in [6.07, 6.45) is 1.63. The molecule has 1 saturated heterocycles. The number of ketones is 1. The van der Waals surface area contributed by atoms with Crippen LogP contribution in [0.15, 0.2) is 24.4 Å². The van der Waals surface area contributed by atoms with E-state index < -0.39 is 0 Å². The van der Waals surface area contributed by atoms with Crippen LogP contribution >= 0.6 is 0 Å². The van der Waals surface area contributed by atoms with Crippen LogP contribution in [0, 0.1) is 0 Å². The second-order valence-electron chi connectivity index (χ2n) is 6.57. The molecule has 0 amide bonds. The average molecular weight is 339 g/mol. The fraction of sp³-hybridized carbons (Fsp3) is 0.389. The number of Topliss-reactive ketones (excluding diaryl/α,β-unsaturated/α-hetero) is 1. The van der Waals surface area contributed by atoms with E-state index in [1.54, 1.807) is 19.2 Å². The molecule has 25 heavy (non-hydrogen) atoms. The fourth-order valence-corrected chi connectivity index (χ4v) is 3.31. The summed E-state index contributed by atoms with van der Waals surface area (Å²) in [5.74, 6) is 2.19. The Morgan fingerprint density at radius 3 is 2.60 bits per heavy atom. The van der Waals surface area contributed by atoms with E-state index in [0.29, 0.717) is 17.1 Å². The number of anilines is 3. The molecule has 2 aliphatic heterocycles. The lowest BCUT2D eigenvalue weighted by Crippen LogP contribution is -2.45. The van der Waals surface area contributed by atoms with E-state index >= 15 is 0 Å². The predicted molar refractivity (Wildman–Crippen MR) is 96.3 cm³/mol. The van der Waals surface area contributed by atoms with Crippen LogP contribution in [-0.2, 0) is 0 Å². The van der Waals surface area contributed by atoms with Crippen molar-refractivity contribution < 1.29 is 9.53 Å². The van der Waals surface area contributed by atoms with Crippen LogP contribution in [0.3, 0.4) is 0 Å². The van der Waals surface area contributed by atoms with Crippen molar-refractivity contribution in [1.82, 2.24) is 15.1 Å². The third kappa shape index (κ3) is 2.70. The molecule has 0 N–H and O–H groups in total. The van der Waals surface area contributed by atoms with Crippen LogP contribution in [0.1, 0.15) is 17.3 Å². The van der Waals surface area contributed by atoms with E-state index in [0.717, 1.165) is 43.4 Å². The van der Waals surface area contributed by atoms with Crippen LogP contribution in [0.5, 0.6) is 11.5 Å². The van der Waals surface area contributed by atoms with Crippen molar-refractivity contribution in [2.75, 3.05) is 50.1 Å². The molecule has 0 radical (unpaired) electrons. The molecule has 0 spiro atoms. The summed E-state index contributed by atoms with van der Waals surface area (Å²) < 4.78 is 6.06. The van der Waals surface area contributed by atoms with Crippen molar-refractivity contribution >= 4 is 23.0 Å². The number of hydrogen-bond acceptors (Lipinski definition) is 7. The Bertz CT molecular complexity index is 830. The normalized spacial score (nSPS) is 16.9. The SMILES string of the molecule is CC(=O)c1ccc2c(c1)Oc1cnnc(N3CCN(C)CC3)c1N2C. The molecular weight excluding hydrogens is 318 g/mol. The van der Waals surface area contributed by atoms with Gasteiger partial charge in [-0.3, -0.25) is 4.79 Å². The lowest BCUT2D eigenvalue weighted by Gasteiger charge is -2.37. The summed E-state index contributed by atoms with van der Waals surface area (Å²) in [6.45, 7) is 5.36. The van der Waals surface area contributed by atoms with Crippen LogP contribution < -0.4 is 14.5 Å². The number of fused-ring (bicyclic) bond motifs is 2. The summed E-state index contributed by atoms with van der Waals surface area (Å²) in [5.41, 5.74) is 2.47. The summed E-state index contributed by atoms with van der Waals surface area (Å²) >= 11 is 0. The number of benzene rings is 1. The van der Waals surface area contributed by atoms with E-state index in [2.05, 4.69) is 31.9 Å². The average Bonchev–Trinajstić information content (AvgIpc) is 2.61. The number of piperazine rings is 1. The molecule has 7 nitrogen and oxygen atoms in total. The first-order chi connectivity index (χ1) is 12.0. The number of ether oxygens (including phenoxy) is 1. The lowest BCUT2D eigenvalue weighted by atomic mass is 10.1. The monoisotopic (exact) mass is 339 g/mol. The number of carbonyl (C=O) groups excluding carboxylic acids is 1. The molecule has 0 atom stereocenters. The van der Waals surface area contributed by atoms with Crippen LogP contribution in [-0.4, -0.2) is 61.2 Å². The van der Waals surface area contributed by atoms with Gasteiger partial charge in [-0.05, 0) is 32.2 Å². The maximum absolute atomic E-state index is 11.6. The number of rotatable bonds is 2. The Hall–Kier alpha value is -2.67. The summed E-state index contributed by atoms with van der Waals surface area (Å²) in [5, 5.41) is 8.52. The molecule has 1 aromatic heterocycles. The molecule has 1 aromatic carbocycles. The minimum absolute atomic E-state index is 0.0193. The molecule has 1 fully saturated rings. The zero-order valence-electron chi connectivity index (χ0n) is 14.7. The summed E-state index contributed by atoms with van der Waals surface area (Å²) in [4.78, 5) is 18.3. The van der Waals surface area contributed by atoms with Gasteiger partial charge in [0, 0.05) is 38.8 Å². The smallest absolute Gasteiger partial charge is 0.179 e. The first-order valence-electron chi connectivity index (χ1n) is 8.40. The Morgan fingerprint density at radius 2 is 1.88 bits per heavy atom. The molecule has 130 valence electrons. The fourth-order valence-electron chi connectivity index (χ4n) is 3.31. The van der Waals surface area contributed by atoms with Gasteiger partial charge in [0.2, 0.25) is 0 Å². The van der Waals surface area contributed by atoms with Gasteiger partial charge in [0.15, 0.2) is 23.1 Å². The summed E-state index contributed by atoms with van der Waals surface area (Å²) in [7, 11) is 4.12. The Kier molecular flexibility index (Phi) is 3.80. The Labute approximate surface area is 146 Å². The Balaban J connectivity index is 1.74. The number of likely N-dealkylation sites (N-methyl/N-ethyl adjacent to an activating group) is 1. The van der Waals surface area contributed by atoms with Gasteiger partial charge >= 0.3 is 0 Å². The number of hydrogen-bond donors (Lipinski definition) is 0. The topological polar surface area (TPSA) is 61.8 Å². The van der Waals surface area contributed by atoms with Gasteiger partial charge < -0.3 is 19.4 Å². The van der Waals surface area contributed by atoms with Gasteiger partial charge in [0.25, 0.3) is 0 Å². The first-order valence-corrected chi connectivity index (χ1v) is 8.40. The molecule has 7 heteroatoms. The van der Waals surface area contributed by atoms with Crippen LogP contribution in [0.25, 0.3) is 0 Å². The van der Waals surface area contributed by atoms with E-state index in [9.17, 15) is 4.79 Å². The molecule has 0 aliphatic carbocycles. The first kappa shape index (κ1) is 15.8. The standard InChI is InChI=1S/C18H21N5O2/c1-12(24)13-4-5-14-15(10-13)25-16-11-19-20-18(17(16)22(14)3)23-8-6-21(2)7-9-23/h4-5,10-11H,6-9H2,1-3H3. The van der Waals surface area contributed by atoms with Gasteiger partial charge in [-0.15, -0.1) is 5.10 Å². The highest BCUT2D eigenvalue weighted by Crippen LogP contribution is 2.49. The minimum atomic E-state index is 0.0193. The molecule has 0 unspecified atom stereocenters. The van der Waals surface area contributed by atoms with Crippen molar-refractivity contribution in [2.24, 2.45) is 0 Å². The van der Waals surface area contributed by atoms with E-state index in [-0.39, 0.29) is 5.78 Å². The summed E-state index contributed by atoms with van der Waals surface area (Å²) in [6, 6.07) is 5.53. The predicted octanol–water partition coefficient (Wildman–Crippen LogP) is 2.30. The van der Waals surface area contributed by atoms with Crippen molar-refractivity contribution in [3.63, 3.8) is 0 Å². The zero-order chi connectivity index (χ0) is 17.6. The Morgan fingerprint density at radius 1 is 1.12 bits per heavy atom. The number of carbonyl (C=O) groups is 1. The molecule has 2 aliphatic rings. The minimum Gasteiger partial charge on any atom is -0.451 e. The van der Waals surface area contributed by atoms with Gasteiger partial charge in [-0.25, -0.2) is 0 Å². The zero-order valence-corrected chi connectivity index (χ0v) is 14.7. The third-order valence-electron chi connectivity index (χ3n) is 4.86. The van der Waals surface area contributed by atoms with Gasteiger partial charge in [-0.1, -0.05) is 0 Å². The second kappa shape index (κ2) is 6.00. The van der Waals surface area contributed by atoms with Crippen molar-refractivity contribution in [3.05, 3.63) is 30.0 Å². The van der Waals surface area contributed by atoms with Crippen molar-refractivity contribution in [1.29, 1.82) is 0 Å². The highest BCUT2D eigenvalue weighted by atomic mass is 16.5. The molecular formula is C18H21N5O2. The maximum atomic E-state index is 11.6. The van der Waals surface area contributed by atoms with Gasteiger partial charge in [0.1, 0.15) is 5.69 Å². The van der Waals surface area contributed by atoms with Gasteiger partial charge in [0.05, 0.1) is 11.9 Å². The highest BCUT2D eigenvalue weighted by molar-refractivity contribution is 5.96. The second-order valence-corrected chi connectivity index (χ2v) is 6.57. The molecule has 4 rings (SSSR count). The quantitative estimate of drug-likeness (QED) is 0.778. The van der Waals surface area contributed by atoms with Gasteiger partial charge in [-0.2, -0.15) is 5.10 Å². The van der Waals surface area contributed by atoms with Crippen LogP contribution in [0.2, 0.25) is 0 Å². The molecule has 2 aromatic rings. The van der Waals surface area contributed by atoms with Crippen molar-refractivity contribution in [3.8, 4) is 11.5 Å². The van der Waals surface area contributed by atoms with Crippen molar-refractivity contribution in [2.45, 2.75) is 6.92 Å². The third-order valence-corrected chi connectivity index (χ3v) is 4.86. The lowest BCUT2D eigenvalue weighted by molar-refractivity contribution is 0.101. The number of aromatic nitrogens is 2. The molecule has 3 heterocycles. The highest BCUT2D eigenvalue weighted by Gasteiger charge is 2.29. The largest absolute Gasteiger partial charge is 0.451 e.